The Labute approximate surface area is 149 Å². The quantitative estimate of drug-likeness (QED) is 0.843. The fraction of sp³-hybridized carbons (Fsp3) is 0.381. The predicted molar refractivity (Wildman–Crippen MR) is 99.7 cm³/mol. The SMILES string of the molecule is COc1cccc(CC(=O)NCC(c2ccccc2)N2CCCC2)c1. The van der Waals surface area contributed by atoms with E-state index in [0.29, 0.717) is 13.0 Å². The van der Waals surface area contributed by atoms with Crippen LogP contribution in [0.5, 0.6) is 5.75 Å². The number of hydrogen-bond donors (Lipinski definition) is 1. The molecule has 0 saturated carbocycles. The van der Waals surface area contributed by atoms with Crippen molar-refractivity contribution >= 4 is 5.91 Å². The summed E-state index contributed by atoms with van der Waals surface area (Å²) in [5.74, 6) is 0.831. The van der Waals surface area contributed by atoms with E-state index in [1.807, 2.05) is 30.3 Å². The average Bonchev–Trinajstić information content (AvgIpc) is 3.17. The Morgan fingerprint density at radius 1 is 1.12 bits per heavy atom. The lowest BCUT2D eigenvalue weighted by Gasteiger charge is -2.28. The molecule has 0 bridgehead atoms. The van der Waals surface area contributed by atoms with Gasteiger partial charge in [0.2, 0.25) is 5.91 Å². The van der Waals surface area contributed by atoms with Crippen molar-refractivity contribution in [3.8, 4) is 5.75 Å². The van der Waals surface area contributed by atoms with Crippen LogP contribution in [0.4, 0.5) is 0 Å². The number of benzene rings is 2. The molecule has 1 unspecified atom stereocenters. The van der Waals surface area contributed by atoms with Crippen LogP contribution in [0.1, 0.15) is 30.0 Å². The molecular formula is C21H26N2O2. The smallest absolute Gasteiger partial charge is 0.224 e. The number of methoxy groups -OCH3 is 1. The van der Waals surface area contributed by atoms with Crippen LogP contribution >= 0.6 is 0 Å². The number of likely N-dealkylation sites (tertiary alicyclic amines) is 1. The molecule has 0 radical (unpaired) electrons. The van der Waals surface area contributed by atoms with Gasteiger partial charge in [0, 0.05) is 6.54 Å². The first-order valence-electron chi connectivity index (χ1n) is 8.95. The van der Waals surface area contributed by atoms with Gasteiger partial charge in [0.1, 0.15) is 5.75 Å². The molecule has 25 heavy (non-hydrogen) atoms. The second-order valence-corrected chi connectivity index (χ2v) is 6.50. The van der Waals surface area contributed by atoms with Gasteiger partial charge in [-0.3, -0.25) is 9.69 Å². The average molecular weight is 338 g/mol. The van der Waals surface area contributed by atoms with Crippen LogP contribution in [0.25, 0.3) is 0 Å². The highest BCUT2D eigenvalue weighted by atomic mass is 16.5. The van der Waals surface area contributed by atoms with Gasteiger partial charge in [-0.2, -0.15) is 0 Å². The largest absolute Gasteiger partial charge is 0.497 e. The summed E-state index contributed by atoms with van der Waals surface area (Å²) in [6.07, 6.45) is 2.85. The van der Waals surface area contributed by atoms with E-state index < -0.39 is 0 Å². The zero-order chi connectivity index (χ0) is 17.5. The molecule has 1 N–H and O–H groups in total. The summed E-state index contributed by atoms with van der Waals surface area (Å²) >= 11 is 0. The van der Waals surface area contributed by atoms with Crippen LogP contribution in [0.2, 0.25) is 0 Å². The van der Waals surface area contributed by atoms with Crippen molar-refractivity contribution < 1.29 is 9.53 Å². The molecule has 1 amide bonds. The summed E-state index contributed by atoms with van der Waals surface area (Å²) in [4.78, 5) is 14.9. The fourth-order valence-electron chi connectivity index (χ4n) is 3.43. The first-order chi connectivity index (χ1) is 12.3. The highest BCUT2D eigenvalue weighted by molar-refractivity contribution is 5.78. The Hall–Kier alpha value is -2.33. The van der Waals surface area contributed by atoms with E-state index >= 15 is 0 Å². The summed E-state index contributed by atoms with van der Waals surface area (Å²) in [5.41, 5.74) is 2.24. The van der Waals surface area contributed by atoms with Crippen molar-refractivity contribution in [2.45, 2.75) is 25.3 Å². The summed E-state index contributed by atoms with van der Waals surface area (Å²) in [6.45, 7) is 2.85. The third-order valence-electron chi connectivity index (χ3n) is 4.76. The van der Waals surface area contributed by atoms with E-state index in [-0.39, 0.29) is 11.9 Å². The van der Waals surface area contributed by atoms with Gasteiger partial charge in [-0.05, 0) is 49.2 Å². The Bertz CT molecular complexity index is 681. The zero-order valence-electron chi connectivity index (χ0n) is 14.8. The molecule has 0 aliphatic carbocycles. The van der Waals surface area contributed by atoms with Crippen LogP contribution in [-0.2, 0) is 11.2 Å². The Morgan fingerprint density at radius 3 is 2.60 bits per heavy atom. The molecule has 132 valence electrons. The molecular weight excluding hydrogens is 312 g/mol. The first-order valence-corrected chi connectivity index (χ1v) is 8.95. The highest BCUT2D eigenvalue weighted by Gasteiger charge is 2.23. The van der Waals surface area contributed by atoms with Gasteiger partial charge < -0.3 is 10.1 Å². The molecule has 2 aromatic rings. The minimum atomic E-state index is 0.0494. The monoisotopic (exact) mass is 338 g/mol. The van der Waals surface area contributed by atoms with Crippen molar-refractivity contribution in [2.24, 2.45) is 0 Å². The molecule has 4 nitrogen and oxygen atoms in total. The van der Waals surface area contributed by atoms with Gasteiger partial charge in [-0.25, -0.2) is 0 Å². The van der Waals surface area contributed by atoms with Crippen molar-refractivity contribution in [1.82, 2.24) is 10.2 Å². The van der Waals surface area contributed by atoms with E-state index in [2.05, 4.69) is 34.5 Å². The number of carbonyl (C=O) groups is 1. The van der Waals surface area contributed by atoms with E-state index in [4.69, 9.17) is 4.74 Å². The number of rotatable bonds is 7. The van der Waals surface area contributed by atoms with Gasteiger partial charge in [-0.15, -0.1) is 0 Å². The second kappa shape index (κ2) is 8.67. The molecule has 4 heteroatoms. The third kappa shape index (κ3) is 4.83. The number of hydrogen-bond acceptors (Lipinski definition) is 3. The van der Waals surface area contributed by atoms with Crippen LogP contribution < -0.4 is 10.1 Å². The van der Waals surface area contributed by atoms with Gasteiger partial charge in [0.05, 0.1) is 19.6 Å². The van der Waals surface area contributed by atoms with E-state index in [0.717, 1.165) is 24.4 Å². The van der Waals surface area contributed by atoms with Crippen molar-refractivity contribution in [1.29, 1.82) is 0 Å². The molecule has 2 aromatic carbocycles. The van der Waals surface area contributed by atoms with Crippen LogP contribution in [0.15, 0.2) is 54.6 Å². The molecule has 0 aromatic heterocycles. The fourth-order valence-corrected chi connectivity index (χ4v) is 3.43. The summed E-state index contributed by atoms with van der Waals surface area (Å²) in [6, 6.07) is 18.4. The molecule has 0 spiro atoms. The number of carbonyl (C=O) groups excluding carboxylic acids is 1. The predicted octanol–water partition coefficient (Wildman–Crippen LogP) is 3.19. The van der Waals surface area contributed by atoms with E-state index in [1.165, 1.54) is 18.4 Å². The molecule has 1 fully saturated rings. The number of ether oxygens (including phenoxy) is 1. The van der Waals surface area contributed by atoms with Crippen molar-refractivity contribution in [3.05, 3.63) is 65.7 Å². The maximum absolute atomic E-state index is 12.4. The third-order valence-corrected chi connectivity index (χ3v) is 4.76. The number of nitrogens with zero attached hydrogens (tertiary/aromatic N) is 1. The zero-order valence-corrected chi connectivity index (χ0v) is 14.8. The lowest BCUT2D eigenvalue weighted by atomic mass is 10.1. The highest BCUT2D eigenvalue weighted by Crippen LogP contribution is 2.24. The Kier molecular flexibility index (Phi) is 6.07. The topological polar surface area (TPSA) is 41.6 Å². The van der Waals surface area contributed by atoms with Crippen LogP contribution in [0.3, 0.4) is 0 Å². The summed E-state index contributed by atoms with van der Waals surface area (Å²) < 4.78 is 5.22. The van der Waals surface area contributed by atoms with E-state index in [9.17, 15) is 4.79 Å². The van der Waals surface area contributed by atoms with Gasteiger partial charge in [0.25, 0.3) is 0 Å². The molecule has 1 saturated heterocycles. The first kappa shape index (κ1) is 17.5. The molecule has 3 rings (SSSR count). The van der Waals surface area contributed by atoms with E-state index in [1.54, 1.807) is 7.11 Å². The van der Waals surface area contributed by atoms with Crippen molar-refractivity contribution in [3.63, 3.8) is 0 Å². The molecule has 1 aliphatic rings. The van der Waals surface area contributed by atoms with Crippen LogP contribution in [0, 0.1) is 0 Å². The lowest BCUT2D eigenvalue weighted by molar-refractivity contribution is -0.120. The Morgan fingerprint density at radius 2 is 1.88 bits per heavy atom. The maximum atomic E-state index is 12.4. The summed E-state index contributed by atoms with van der Waals surface area (Å²) in [7, 11) is 1.64. The van der Waals surface area contributed by atoms with Crippen molar-refractivity contribution in [2.75, 3.05) is 26.7 Å². The van der Waals surface area contributed by atoms with Gasteiger partial charge >= 0.3 is 0 Å². The molecule has 1 heterocycles. The Balaban J connectivity index is 1.61. The number of nitrogens with one attached hydrogen (secondary N) is 1. The minimum Gasteiger partial charge on any atom is -0.497 e. The normalized spacial score (nSPS) is 15.7. The molecule has 1 aliphatic heterocycles. The minimum absolute atomic E-state index is 0.0494. The van der Waals surface area contributed by atoms with Gasteiger partial charge in [-0.1, -0.05) is 42.5 Å². The second-order valence-electron chi connectivity index (χ2n) is 6.50. The summed E-state index contributed by atoms with van der Waals surface area (Å²) in [5, 5.41) is 3.12. The van der Waals surface area contributed by atoms with Gasteiger partial charge in [0.15, 0.2) is 0 Å². The lowest BCUT2D eigenvalue weighted by Crippen LogP contribution is -2.37. The number of amides is 1. The maximum Gasteiger partial charge on any atom is 0.224 e. The molecule has 1 atom stereocenters. The van der Waals surface area contributed by atoms with Crippen LogP contribution in [-0.4, -0.2) is 37.6 Å². The standard InChI is InChI=1S/C21H26N2O2/c1-25-19-11-7-8-17(14-19)15-21(24)22-16-20(23-12-5-6-13-23)18-9-3-2-4-10-18/h2-4,7-11,14,20H,5-6,12-13,15-16H2,1H3,(H,22,24).